The first-order chi connectivity index (χ1) is 10.8. The molecule has 0 atom stereocenters. The van der Waals surface area contributed by atoms with Crippen molar-refractivity contribution < 1.29 is 9.59 Å². The van der Waals surface area contributed by atoms with Crippen LogP contribution in [0.5, 0.6) is 0 Å². The zero-order chi connectivity index (χ0) is 15.1. The van der Waals surface area contributed by atoms with Crippen molar-refractivity contribution in [1.82, 2.24) is 0 Å². The number of carbonyl (C=O) groups excluding carboxylic acids is 2. The van der Waals surface area contributed by atoms with Gasteiger partial charge in [0, 0.05) is 16.5 Å². The molecular formula is C20H12O2. The van der Waals surface area contributed by atoms with E-state index in [0.717, 1.165) is 44.9 Å². The zero-order valence-electron chi connectivity index (χ0n) is 11.7. The summed E-state index contributed by atoms with van der Waals surface area (Å²) in [6, 6.07) is 19.8. The quantitative estimate of drug-likeness (QED) is 0.392. The summed E-state index contributed by atoms with van der Waals surface area (Å²) >= 11 is 0. The maximum Gasteiger partial charge on any atom is 0.151 e. The highest BCUT2D eigenvalue weighted by Gasteiger charge is 2.13. The highest BCUT2D eigenvalue weighted by atomic mass is 16.1. The molecule has 0 aliphatic carbocycles. The molecular weight excluding hydrogens is 272 g/mol. The van der Waals surface area contributed by atoms with E-state index in [1.807, 2.05) is 36.4 Å². The summed E-state index contributed by atoms with van der Waals surface area (Å²) in [6.07, 6.45) is 1.53. The minimum Gasteiger partial charge on any atom is -0.298 e. The summed E-state index contributed by atoms with van der Waals surface area (Å²) in [4.78, 5) is 22.9. The van der Waals surface area contributed by atoms with Gasteiger partial charge in [-0.25, -0.2) is 0 Å². The number of hydrogen-bond donors (Lipinski definition) is 0. The predicted octanol–water partition coefficient (Wildman–Crippen LogP) is 4.77. The summed E-state index contributed by atoms with van der Waals surface area (Å²) in [7, 11) is 0. The molecule has 2 heteroatoms. The highest BCUT2D eigenvalue weighted by molar-refractivity contribution is 6.28. The predicted molar refractivity (Wildman–Crippen MR) is 89.7 cm³/mol. The van der Waals surface area contributed by atoms with Crippen LogP contribution < -0.4 is 0 Å². The van der Waals surface area contributed by atoms with Crippen molar-refractivity contribution in [3.05, 3.63) is 71.8 Å². The fraction of sp³-hybridized carbons (Fsp3) is 0. The molecule has 4 rings (SSSR count). The molecule has 0 radical (unpaired) electrons. The molecule has 4 aromatic rings. The minimum atomic E-state index is 0.433. The Balaban J connectivity index is 2.43. The Kier molecular flexibility index (Phi) is 2.76. The van der Waals surface area contributed by atoms with Crippen LogP contribution >= 0.6 is 0 Å². The number of benzene rings is 4. The van der Waals surface area contributed by atoms with E-state index >= 15 is 0 Å². The van der Waals surface area contributed by atoms with Crippen LogP contribution in [0.3, 0.4) is 0 Å². The normalized spacial score (nSPS) is 11.1. The topological polar surface area (TPSA) is 34.1 Å². The smallest absolute Gasteiger partial charge is 0.151 e. The van der Waals surface area contributed by atoms with Gasteiger partial charge in [0.15, 0.2) is 12.6 Å². The van der Waals surface area contributed by atoms with Crippen LogP contribution in [0.1, 0.15) is 20.7 Å². The summed E-state index contributed by atoms with van der Waals surface area (Å²) in [5.41, 5.74) is 0.900. The lowest BCUT2D eigenvalue weighted by molar-refractivity contribution is 0.109. The van der Waals surface area contributed by atoms with Crippen LogP contribution in [0, 0.1) is 0 Å². The molecule has 104 valence electrons. The summed E-state index contributed by atoms with van der Waals surface area (Å²) in [5.74, 6) is 0. The molecule has 0 saturated carbocycles. The Morgan fingerprint density at radius 1 is 0.545 bits per heavy atom. The van der Waals surface area contributed by atoms with Gasteiger partial charge in [-0.15, -0.1) is 0 Å². The second kappa shape index (κ2) is 4.78. The molecule has 0 fully saturated rings. The molecule has 0 aliphatic rings. The van der Waals surface area contributed by atoms with Crippen molar-refractivity contribution in [1.29, 1.82) is 0 Å². The molecule has 0 N–H and O–H groups in total. The maximum atomic E-state index is 11.6. The van der Waals surface area contributed by atoms with Gasteiger partial charge in [-0.05, 0) is 26.9 Å². The second-order valence-corrected chi connectivity index (χ2v) is 5.32. The van der Waals surface area contributed by atoms with Crippen molar-refractivity contribution in [2.75, 3.05) is 0 Å². The van der Waals surface area contributed by atoms with E-state index in [1.54, 1.807) is 6.07 Å². The standard InChI is InChI=1S/C20H12O2/c21-11-13-9-10-18-16-7-2-1-5-14(16)15-6-3-4-8-17(15)20(18)19(13)12-22/h1-12H. The van der Waals surface area contributed by atoms with E-state index in [-0.39, 0.29) is 0 Å². The van der Waals surface area contributed by atoms with Gasteiger partial charge in [0.1, 0.15) is 0 Å². The van der Waals surface area contributed by atoms with E-state index in [2.05, 4.69) is 18.2 Å². The average Bonchev–Trinajstić information content (AvgIpc) is 2.60. The lowest BCUT2D eigenvalue weighted by Gasteiger charge is -2.12. The molecule has 0 spiro atoms. The Bertz CT molecular complexity index is 1030. The van der Waals surface area contributed by atoms with E-state index in [1.165, 1.54) is 0 Å². The molecule has 0 heterocycles. The van der Waals surface area contributed by atoms with Gasteiger partial charge in [0.25, 0.3) is 0 Å². The maximum absolute atomic E-state index is 11.6. The first-order valence-electron chi connectivity index (χ1n) is 7.11. The van der Waals surface area contributed by atoms with Crippen LogP contribution in [-0.4, -0.2) is 12.6 Å². The van der Waals surface area contributed by atoms with E-state index < -0.39 is 0 Å². The number of hydrogen-bond acceptors (Lipinski definition) is 2. The van der Waals surface area contributed by atoms with Gasteiger partial charge in [0.05, 0.1) is 0 Å². The SMILES string of the molecule is O=Cc1ccc2c3ccccc3c3ccccc3c2c1C=O. The average molecular weight is 284 g/mol. The van der Waals surface area contributed by atoms with Crippen LogP contribution in [0.15, 0.2) is 60.7 Å². The van der Waals surface area contributed by atoms with Crippen LogP contribution in [0.25, 0.3) is 32.3 Å². The minimum absolute atomic E-state index is 0.433. The fourth-order valence-electron chi connectivity index (χ4n) is 3.27. The van der Waals surface area contributed by atoms with Gasteiger partial charge in [-0.1, -0.05) is 60.7 Å². The summed E-state index contributed by atoms with van der Waals surface area (Å²) in [5, 5.41) is 6.20. The molecule has 0 saturated heterocycles. The molecule has 4 aromatic carbocycles. The van der Waals surface area contributed by atoms with Crippen molar-refractivity contribution in [2.45, 2.75) is 0 Å². The highest BCUT2D eigenvalue weighted by Crippen LogP contribution is 2.36. The third-order valence-corrected chi connectivity index (χ3v) is 4.23. The lowest BCUT2D eigenvalue weighted by Crippen LogP contribution is -1.94. The number of carbonyl (C=O) groups is 2. The van der Waals surface area contributed by atoms with Gasteiger partial charge in [-0.2, -0.15) is 0 Å². The number of aldehydes is 2. The van der Waals surface area contributed by atoms with Crippen LogP contribution in [0.2, 0.25) is 0 Å². The summed E-state index contributed by atoms with van der Waals surface area (Å²) < 4.78 is 0. The lowest BCUT2D eigenvalue weighted by atomic mass is 9.90. The Morgan fingerprint density at radius 3 is 1.59 bits per heavy atom. The molecule has 22 heavy (non-hydrogen) atoms. The second-order valence-electron chi connectivity index (χ2n) is 5.32. The van der Waals surface area contributed by atoms with Gasteiger partial charge >= 0.3 is 0 Å². The molecule has 2 nitrogen and oxygen atoms in total. The Morgan fingerprint density at radius 2 is 1.05 bits per heavy atom. The zero-order valence-corrected chi connectivity index (χ0v) is 11.7. The molecule has 0 aromatic heterocycles. The third-order valence-electron chi connectivity index (χ3n) is 4.23. The number of fused-ring (bicyclic) bond motifs is 6. The van der Waals surface area contributed by atoms with Gasteiger partial charge in [0.2, 0.25) is 0 Å². The van der Waals surface area contributed by atoms with Gasteiger partial charge < -0.3 is 0 Å². The largest absolute Gasteiger partial charge is 0.298 e. The molecule has 0 unspecified atom stereocenters. The van der Waals surface area contributed by atoms with Crippen molar-refractivity contribution >= 4 is 44.9 Å². The fourth-order valence-corrected chi connectivity index (χ4v) is 3.27. The van der Waals surface area contributed by atoms with Crippen LogP contribution in [0.4, 0.5) is 0 Å². The first kappa shape index (κ1) is 12.7. The monoisotopic (exact) mass is 284 g/mol. The Hall–Kier alpha value is -3.00. The Labute approximate surface area is 127 Å². The van der Waals surface area contributed by atoms with Crippen molar-refractivity contribution in [3.63, 3.8) is 0 Å². The van der Waals surface area contributed by atoms with E-state index in [0.29, 0.717) is 11.1 Å². The third kappa shape index (κ3) is 1.61. The molecule has 0 bridgehead atoms. The van der Waals surface area contributed by atoms with Crippen molar-refractivity contribution in [2.24, 2.45) is 0 Å². The molecule has 0 aliphatic heterocycles. The number of rotatable bonds is 2. The van der Waals surface area contributed by atoms with Crippen molar-refractivity contribution in [3.8, 4) is 0 Å². The van der Waals surface area contributed by atoms with Crippen LogP contribution in [-0.2, 0) is 0 Å². The molecule has 0 amide bonds. The summed E-state index contributed by atoms with van der Waals surface area (Å²) in [6.45, 7) is 0. The van der Waals surface area contributed by atoms with E-state index in [9.17, 15) is 9.59 Å². The van der Waals surface area contributed by atoms with Gasteiger partial charge in [-0.3, -0.25) is 9.59 Å². The van der Waals surface area contributed by atoms with E-state index in [4.69, 9.17) is 0 Å². The first-order valence-corrected chi connectivity index (χ1v) is 7.11.